The van der Waals surface area contributed by atoms with Crippen LogP contribution in [0.4, 0.5) is 13.2 Å². The summed E-state index contributed by atoms with van der Waals surface area (Å²) in [6.07, 6.45) is -0.867. The average Bonchev–Trinajstić information content (AvgIpc) is 3.14. The summed E-state index contributed by atoms with van der Waals surface area (Å²) in [5.74, 6) is -0.401. The molecule has 9 heteroatoms. The summed E-state index contributed by atoms with van der Waals surface area (Å²) in [4.78, 5) is 16.4. The predicted molar refractivity (Wildman–Crippen MR) is 104 cm³/mol. The van der Waals surface area contributed by atoms with Crippen molar-refractivity contribution < 1.29 is 22.7 Å². The maximum atomic E-state index is 12.6. The fourth-order valence-corrected chi connectivity index (χ4v) is 2.90. The van der Waals surface area contributed by atoms with E-state index in [-0.39, 0.29) is 18.3 Å². The topological polar surface area (TPSA) is 69.0 Å². The van der Waals surface area contributed by atoms with Crippen LogP contribution in [-0.2, 0) is 19.5 Å². The molecule has 0 saturated carbocycles. The van der Waals surface area contributed by atoms with Gasteiger partial charge in [-0.3, -0.25) is 9.48 Å². The number of carbonyl (C=O) groups excluding carboxylic acids is 1. The molecule has 0 aliphatic carbocycles. The van der Waals surface area contributed by atoms with Crippen molar-refractivity contribution in [2.45, 2.75) is 32.6 Å². The van der Waals surface area contributed by atoms with Crippen LogP contribution in [-0.4, -0.2) is 33.5 Å². The maximum Gasteiger partial charge on any atom is 0.422 e. The van der Waals surface area contributed by atoms with Crippen LogP contribution in [0.25, 0.3) is 0 Å². The molecule has 3 rings (SSSR count). The monoisotopic (exact) mass is 418 g/mol. The van der Waals surface area contributed by atoms with Crippen molar-refractivity contribution in [3.05, 3.63) is 77.2 Å². The number of nitrogens with one attached hydrogen (secondary N) is 1. The van der Waals surface area contributed by atoms with Gasteiger partial charge in [-0.15, -0.1) is 0 Å². The van der Waals surface area contributed by atoms with E-state index in [4.69, 9.17) is 0 Å². The van der Waals surface area contributed by atoms with Crippen LogP contribution < -0.4 is 10.1 Å². The van der Waals surface area contributed by atoms with E-state index in [9.17, 15) is 18.0 Å². The predicted octanol–water partition coefficient (Wildman–Crippen LogP) is 3.76. The van der Waals surface area contributed by atoms with Crippen molar-refractivity contribution in [3.63, 3.8) is 0 Å². The van der Waals surface area contributed by atoms with Crippen molar-refractivity contribution in [1.82, 2.24) is 20.1 Å². The van der Waals surface area contributed by atoms with Gasteiger partial charge in [-0.25, -0.2) is 4.98 Å². The van der Waals surface area contributed by atoms with Crippen LogP contribution in [0.5, 0.6) is 5.88 Å². The Kier molecular flexibility index (Phi) is 6.71. The van der Waals surface area contributed by atoms with Gasteiger partial charge in [0.2, 0.25) is 5.88 Å². The van der Waals surface area contributed by atoms with E-state index in [1.54, 1.807) is 16.9 Å². The number of hydrogen-bond acceptors (Lipinski definition) is 4. The highest BCUT2D eigenvalue weighted by Gasteiger charge is 2.28. The minimum Gasteiger partial charge on any atom is -0.468 e. The molecule has 6 nitrogen and oxygen atoms in total. The molecule has 3 aromatic rings. The average molecular weight is 418 g/mol. The highest BCUT2D eigenvalue weighted by atomic mass is 19.4. The lowest BCUT2D eigenvalue weighted by Crippen LogP contribution is -2.24. The number of amides is 1. The zero-order valence-corrected chi connectivity index (χ0v) is 16.3. The largest absolute Gasteiger partial charge is 0.468 e. The number of halogens is 3. The fraction of sp³-hybridized carbons (Fsp3) is 0.286. The number of nitrogens with zero attached hydrogens (tertiary/aromatic N) is 3. The van der Waals surface area contributed by atoms with E-state index < -0.39 is 12.8 Å². The summed E-state index contributed by atoms with van der Waals surface area (Å²) in [5.41, 5.74) is 3.04. The van der Waals surface area contributed by atoms with Gasteiger partial charge < -0.3 is 10.1 Å². The number of pyridine rings is 1. The van der Waals surface area contributed by atoms with Gasteiger partial charge in [0.15, 0.2) is 6.61 Å². The first kappa shape index (κ1) is 21.4. The Hall–Kier alpha value is -3.36. The molecule has 30 heavy (non-hydrogen) atoms. The highest BCUT2D eigenvalue weighted by molar-refractivity contribution is 5.95. The van der Waals surface area contributed by atoms with Gasteiger partial charge in [-0.05, 0) is 17.5 Å². The third kappa shape index (κ3) is 5.82. The maximum absolute atomic E-state index is 12.6. The third-order valence-corrected chi connectivity index (χ3v) is 4.34. The number of aromatic nitrogens is 3. The van der Waals surface area contributed by atoms with E-state index in [2.05, 4.69) is 20.1 Å². The van der Waals surface area contributed by atoms with Crippen LogP contribution >= 0.6 is 0 Å². The van der Waals surface area contributed by atoms with Gasteiger partial charge in [0.05, 0.1) is 24.0 Å². The molecule has 1 N–H and O–H groups in total. The number of ether oxygens (including phenoxy) is 1. The lowest BCUT2D eigenvalue weighted by molar-refractivity contribution is -0.154. The molecule has 1 amide bonds. The molecule has 158 valence electrons. The Morgan fingerprint density at radius 3 is 2.50 bits per heavy atom. The fourth-order valence-electron chi connectivity index (χ4n) is 2.90. The second kappa shape index (κ2) is 9.43. The van der Waals surface area contributed by atoms with E-state index in [1.165, 1.54) is 12.3 Å². The summed E-state index contributed by atoms with van der Waals surface area (Å²) in [7, 11) is 0. The summed E-state index contributed by atoms with van der Waals surface area (Å²) < 4.78 is 42.9. The number of alkyl halides is 3. The summed E-state index contributed by atoms with van der Waals surface area (Å²) >= 11 is 0. The molecular weight excluding hydrogens is 397 g/mol. The Balaban J connectivity index is 1.59. The molecule has 0 aliphatic rings. The van der Waals surface area contributed by atoms with Crippen molar-refractivity contribution in [2.75, 3.05) is 6.61 Å². The highest BCUT2D eigenvalue weighted by Crippen LogP contribution is 2.17. The lowest BCUT2D eigenvalue weighted by Gasteiger charge is -2.10. The van der Waals surface area contributed by atoms with Crippen LogP contribution in [0.2, 0.25) is 0 Å². The molecule has 1 aromatic carbocycles. The van der Waals surface area contributed by atoms with Crippen LogP contribution in [0, 0.1) is 0 Å². The zero-order valence-electron chi connectivity index (χ0n) is 16.3. The molecule has 2 aromatic heterocycles. The van der Waals surface area contributed by atoms with Gasteiger partial charge in [-0.1, -0.05) is 43.3 Å². The Morgan fingerprint density at radius 2 is 1.87 bits per heavy atom. The van der Waals surface area contributed by atoms with Crippen molar-refractivity contribution >= 4 is 5.91 Å². The minimum absolute atomic E-state index is 0.127. The van der Waals surface area contributed by atoms with E-state index in [1.807, 2.05) is 37.3 Å². The smallest absolute Gasteiger partial charge is 0.422 e. The first-order valence-electron chi connectivity index (χ1n) is 9.37. The molecule has 0 radical (unpaired) electrons. The van der Waals surface area contributed by atoms with E-state index in [0.717, 1.165) is 11.3 Å². The van der Waals surface area contributed by atoms with Crippen molar-refractivity contribution in [3.8, 4) is 5.88 Å². The van der Waals surface area contributed by atoms with Crippen LogP contribution in [0.3, 0.4) is 0 Å². The number of carbonyl (C=O) groups is 1. The molecule has 0 fully saturated rings. The van der Waals surface area contributed by atoms with Crippen LogP contribution in [0.15, 0.2) is 54.9 Å². The number of benzene rings is 1. The minimum atomic E-state index is -4.42. The number of rotatable bonds is 8. The van der Waals surface area contributed by atoms with Crippen LogP contribution in [0.1, 0.15) is 34.1 Å². The molecule has 0 spiro atoms. The lowest BCUT2D eigenvalue weighted by atomic mass is 10.1. The SMILES string of the molecule is CCc1c(C(=O)NCc2ccc(OCC(F)(F)F)nc2)cnn1Cc1ccccc1. The Bertz CT molecular complexity index is 970. The quantitative estimate of drug-likeness (QED) is 0.605. The Morgan fingerprint density at radius 1 is 1.10 bits per heavy atom. The van der Waals surface area contributed by atoms with E-state index >= 15 is 0 Å². The molecule has 2 heterocycles. The Labute approximate surface area is 171 Å². The second-order valence-corrected chi connectivity index (χ2v) is 6.59. The molecular formula is C21H21F3N4O2. The third-order valence-electron chi connectivity index (χ3n) is 4.34. The first-order chi connectivity index (χ1) is 14.4. The molecule has 0 bridgehead atoms. The van der Waals surface area contributed by atoms with Crippen molar-refractivity contribution in [1.29, 1.82) is 0 Å². The molecule has 0 atom stereocenters. The van der Waals surface area contributed by atoms with Gasteiger partial charge in [0.1, 0.15) is 0 Å². The van der Waals surface area contributed by atoms with Gasteiger partial charge in [-0.2, -0.15) is 18.3 Å². The molecule has 0 unspecified atom stereocenters. The van der Waals surface area contributed by atoms with E-state index in [0.29, 0.717) is 24.1 Å². The summed E-state index contributed by atoms with van der Waals surface area (Å²) in [6.45, 7) is 1.31. The first-order valence-corrected chi connectivity index (χ1v) is 9.37. The molecule has 0 aliphatic heterocycles. The number of hydrogen-bond donors (Lipinski definition) is 1. The second-order valence-electron chi connectivity index (χ2n) is 6.59. The van der Waals surface area contributed by atoms with Gasteiger partial charge >= 0.3 is 6.18 Å². The summed E-state index contributed by atoms with van der Waals surface area (Å²) in [5, 5.41) is 7.14. The van der Waals surface area contributed by atoms with Crippen molar-refractivity contribution in [2.24, 2.45) is 0 Å². The standard InChI is InChI=1S/C21H21F3N4O2/c1-2-18-17(12-27-28(18)13-15-6-4-3-5-7-15)20(29)26-11-16-8-9-19(25-10-16)30-14-21(22,23)24/h3-10,12H,2,11,13-14H2,1H3,(H,26,29). The zero-order chi connectivity index (χ0) is 21.6. The molecule has 0 saturated heterocycles. The normalized spacial score (nSPS) is 11.3. The summed E-state index contributed by atoms with van der Waals surface area (Å²) in [6, 6.07) is 12.7. The van der Waals surface area contributed by atoms with Gasteiger partial charge in [0.25, 0.3) is 5.91 Å². The van der Waals surface area contributed by atoms with Gasteiger partial charge in [0, 0.05) is 18.8 Å².